The number of amides is 1. The summed E-state index contributed by atoms with van der Waals surface area (Å²) in [5.74, 6) is 2.87. The van der Waals surface area contributed by atoms with Crippen LogP contribution in [0, 0.1) is 12.3 Å². The zero-order chi connectivity index (χ0) is 17.3. The number of hydrogen-bond donors (Lipinski definition) is 3. The van der Waals surface area contributed by atoms with Crippen LogP contribution in [-0.4, -0.2) is 44.7 Å². The monoisotopic (exact) mass is 316 g/mol. The molecule has 0 aliphatic carbocycles. The van der Waals surface area contributed by atoms with Gasteiger partial charge in [0.15, 0.2) is 5.96 Å². The van der Waals surface area contributed by atoms with Crippen molar-refractivity contribution in [1.82, 2.24) is 10.6 Å². The maximum Gasteiger partial charge on any atom is 0.243 e. The molecule has 0 aromatic heterocycles. The van der Waals surface area contributed by atoms with Crippen LogP contribution < -0.4 is 16.0 Å². The topological polar surface area (TPSA) is 74.8 Å². The fourth-order valence-corrected chi connectivity index (χ4v) is 1.65. The predicted octanol–water partition coefficient (Wildman–Crippen LogP) is 1.20. The maximum atomic E-state index is 12.0. The first-order chi connectivity index (χ1) is 10.9. The van der Waals surface area contributed by atoms with Gasteiger partial charge in [-0.15, -0.1) is 6.42 Å². The molecule has 0 aliphatic rings. The second kappa shape index (κ2) is 8.81. The van der Waals surface area contributed by atoms with E-state index < -0.39 is 0 Å². The third-order valence-electron chi connectivity index (χ3n) is 3.19. The Bertz CT molecular complexity index is 603. The van der Waals surface area contributed by atoms with E-state index in [0.29, 0.717) is 18.2 Å². The van der Waals surface area contributed by atoms with Gasteiger partial charge in [0, 0.05) is 32.0 Å². The van der Waals surface area contributed by atoms with Gasteiger partial charge in [0.25, 0.3) is 0 Å². The van der Waals surface area contributed by atoms with Gasteiger partial charge >= 0.3 is 0 Å². The number of methoxy groups -OCH3 is 1. The summed E-state index contributed by atoms with van der Waals surface area (Å²) in [6.07, 6.45) is 5.34. The quantitative estimate of drug-likeness (QED) is 0.419. The molecule has 6 heteroatoms. The molecule has 3 N–H and O–H groups in total. The van der Waals surface area contributed by atoms with Crippen molar-refractivity contribution in [2.75, 3.05) is 32.6 Å². The molecular weight excluding hydrogens is 292 g/mol. The number of rotatable bonds is 6. The largest absolute Gasteiger partial charge is 0.377 e. The first-order valence-corrected chi connectivity index (χ1v) is 7.26. The van der Waals surface area contributed by atoms with Crippen LogP contribution in [0.25, 0.3) is 0 Å². The molecule has 1 rings (SSSR count). The first kappa shape index (κ1) is 18.5. The lowest BCUT2D eigenvalue weighted by Crippen LogP contribution is -2.47. The van der Waals surface area contributed by atoms with Gasteiger partial charge in [-0.1, -0.05) is 12.0 Å². The van der Waals surface area contributed by atoms with Crippen LogP contribution in [0.2, 0.25) is 0 Å². The molecule has 23 heavy (non-hydrogen) atoms. The Hall–Kier alpha value is -2.52. The van der Waals surface area contributed by atoms with Crippen LogP contribution in [0.4, 0.5) is 5.69 Å². The Balaban J connectivity index is 2.46. The molecular formula is C17H24N4O2. The Morgan fingerprint density at radius 2 is 2.13 bits per heavy atom. The summed E-state index contributed by atoms with van der Waals surface area (Å²) in [6, 6.07) is 7.13. The molecule has 0 fully saturated rings. The van der Waals surface area contributed by atoms with E-state index in [0.717, 1.165) is 5.56 Å². The number of ether oxygens (including phenoxy) is 1. The molecule has 0 saturated heterocycles. The highest BCUT2D eigenvalue weighted by molar-refractivity contribution is 5.95. The number of aliphatic imine (C=N–C) groups is 1. The maximum absolute atomic E-state index is 12.0. The third kappa shape index (κ3) is 6.85. The average molecular weight is 316 g/mol. The van der Waals surface area contributed by atoms with Gasteiger partial charge in [-0.2, -0.15) is 0 Å². The van der Waals surface area contributed by atoms with Crippen molar-refractivity contribution in [3.63, 3.8) is 0 Å². The summed E-state index contributed by atoms with van der Waals surface area (Å²) in [5.41, 5.74) is 1.06. The van der Waals surface area contributed by atoms with Crippen molar-refractivity contribution in [2.45, 2.75) is 19.4 Å². The molecule has 1 amide bonds. The number of nitrogens with zero attached hydrogens (tertiary/aromatic N) is 1. The van der Waals surface area contributed by atoms with E-state index in [9.17, 15) is 4.79 Å². The van der Waals surface area contributed by atoms with E-state index in [2.05, 4.69) is 26.9 Å². The summed E-state index contributed by atoms with van der Waals surface area (Å²) in [6.45, 7) is 4.57. The molecule has 6 nitrogen and oxygen atoms in total. The highest BCUT2D eigenvalue weighted by Gasteiger charge is 2.16. The number of guanidine groups is 1. The molecule has 0 radical (unpaired) electrons. The molecule has 0 spiro atoms. The van der Waals surface area contributed by atoms with Gasteiger partial charge < -0.3 is 20.7 Å². The van der Waals surface area contributed by atoms with Crippen LogP contribution in [0.1, 0.15) is 19.4 Å². The number of terminal acetylenes is 1. The first-order valence-electron chi connectivity index (χ1n) is 7.26. The number of hydrogen-bond acceptors (Lipinski definition) is 3. The minimum Gasteiger partial charge on any atom is -0.377 e. The van der Waals surface area contributed by atoms with Crippen molar-refractivity contribution in [3.05, 3.63) is 29.8 Å². The Morgan fingerprint density at radius 3 is 2.74 bits per heavy atom. The number of anilines is 1. The van der Waals surface area contributed by atoms with Crippen molar-refractivity contribution in [3.8, 4) is 12.3 Å². The zero-order valence-electron chi connectivity index (χ0n) is 14.1. The molecule has 0 heterocycles. The van der Waals surface area contributed by atoms with Gasteiger partial charge in [-0.05, 0) is 32.0 Å². The SMILES string of the molecule is C#Cc1cccc(NC(=O)CNC(=NC)NCC(C)(C)OC)c1. The lowest BCUT2D eigenvalue weighted by molar-refractivity contribution is -0.115. The molecule has 0 bridgehead atoms. The third-order valence-corrected chi connectivity index (χ3v) is 3.19. The van der Waals surface area contributed by atoms with E-state index >= 15 is 0 Å². The summed E-state index contributed by atoms with van der Waals surface area (Å²) in [7, 11) is 3.29. The van der Waals surface area contributed by atoms with E-state index in [1.165, 1.54) is 0 Å². The van der Waals surface area contributed by atoms with Gasteiger partial charge in [-0.3, -0.25) is 9.79 Å². The second-order valence-corrected chi connectivity index (χ2v) is 5.52. The smallest absolute Gasteiger partial charge is 0.243 e. The van der Waals surface area contributed by atoms with Gasteiger partial charge in [0.1, 0.15) is 0 Å². The van der Waals surface area contributed by atoms with Crippen LogP contribution in [0.5, 0.6) is 0 Å². The lowest BCUT2D eigenvalue weighted by atomic mass is 10.1. The standard InChI is InChI=1S/C17H24N4O2/c1-6-13-8-7-9-14(10-13)21-15(22)11-19-16(18-4)20-12-17(2,3)23-5/h1,7-10H,11-12H2,2-5H3,(H,21,22)(H2,18,19,20). The zero-order valence-corrected chi connectivity index (χ0v) is 14.1. The van der Waals surface area contributed by atoms with Crippen LogP contribution >= 0.6 is 0 Å². The molecule has 0 saturated carbocycles. The van der Waals surface area contributed by atoms with Gasteiger partial charge in [0.2, 0.25) is 5.91 Å². The molecule has 0 aliphatic heterocycles. The minimum atomic E-state index is -0.324. The predicted molar refractivity (Wildman–Crippen MR) is 93.5 cm³/mol. The molecule has 124 valence electrons. The van der Waals surface area contributed by atoms with Crippen LogP contribution in [-0.2, 0) is 9.53 Å². The fraction of sp³-hybridized carbons (Fsp3) is 0.412. The van der Waals surface area contributed by atoms with Crippen molar-refractivity contribution in [1.29, 1.82) is 0 Å². The van der Waals surface area contributed by atoms with Crippen molar-refractivity contribution >= 4 is 17.6 Å². The minimum absolute atomic E-state index is 0.0906. The van der Waals surface area contributed by atoms with Crippen LogP contribution in [0.3, 0.4) is 0 Å². The molecule has 1 aromatic rings. The highest BCUT2D eigenvalue weighted by Crippen LogP contribution is 2.09. The van der Waals surface area contributed by atoms with Gasteiger partial charge in [-0.25, -0.2) is 0 Å². The average Bonchev–Trinajstić information content (AvgIpc) is 2.55. The Morgan fingerprint density at radius 1 is 1.39 bits per heavy atom. The summed E-state index contributed by atoms with van der Waals surface area (Å²) >= 11 is 0. The number of carbonyl (C=O) groups excluding carboxylic acids is 1. The van der Waals surface area contributed by atoms with E-state index in [1.54, 1.807) is 38.4 Å². The summed E-state index contributed by atoms with van der Waals surface area (Å²) in [5, 5.41) is 8.83. The van der Waals surface area contributed by atoms with Crippen molar-refractivity contribution in [2.24, 2.45) is 4.99 Å². The van der Waals surface area contributed by atoms with Crippen molar-refractivity contribution < 1.29 is 9.53 Å². The fourth-order valence-electron chi connectivity index (χ4n) is 1.65. The number of nitrogens with one attached hydrogen (secondary N) is 3. The highest BCUT2D eigenvalue weighted by atomic mass is 16.5. The number of carbonyl (C=O) groups is 1. The normalized spacial score (nSPS) is 11.5. The van der Waals surface area contributed by atoms with E-state index in [-0.39, 0.29) is 18.1 Å². The van der Waals surface area contributed by atoms with Gasteiger partial charge in [0.05, 0.1) is 12.1 Å². The Kier molecular flexibility index (Phi) is 7.10. The molecule has 1 aromatic carbocycles. The van der Waals surface area contributed by atoms with Crippen LogP contribution in [0.15, 0.2) is 29.3 Å². The summed E-state index contributed by atoms with van der Waals surface area (Å²) in [4.78, 5) is 16.0. The van der Waals surface area contributed by atoms with E-state index in [1.807, 2.05) is 13.8 Å². The lowest BCUT2D eigenvalue weighted by Gasteiger charge is -2.24. The second-order valence-electron chi connectivity index (χ2n) is 5.52. The van der Waals surface area contributed by atoms with E-state index in [4.69, 9.17) is 11.2 Å². The summed E-state index contributed by atoms with van der Waals surface area (Å²) < 4.78 is 5.32. The number of benzene rings is 1. The molecule has 0 unspecified atom stereocenters. The molecule has 0 atom stereocenters. The Labute approximate surface area is 137 Å².